The third kappa shape index (κ3) is 6.26. The van der Waals surface area contributed by atoms with Crippen molar-refractivity contribution in [2.24, 2.45) is 11.3 Å². The van der Waals surface area contributed by atoms with Crippen molar-refractivity contribution in [2.75, 3.05) is 24.6 Å². The lowest BCUT2D eigenvalue weighted by atomic mass is 9.78. The first kappa shape index (κ1) is 17.0. The maximum absolute atomic E-state index is 11.4. The Bertz CT molecular complexity index is 343. The van der Waals surface area contributed by atoms with Crippen LogP contribution in [0.25, 0.3) is 0 Å². The maximum atomic E-state index is 11.4. The van der Waals surface area contributed by atoms with Gasteiger partial charge in [0.25, 0.3) is 0 Å². The molecule has 1 saturated carbocycles. The standard InChI is InChI=1S/C15H31NO2S/c1-4-19(17,18)11-7-10-16-13-15(12-14(2)3)8-5-6-9-15/h14,16H,4-13H2,1-3H3. The molecule has 0 atom stereocenters. The highest BCUT2D eigenvalue weighted by molar-refractivity contribution is 7.91. The molecule has 1 fully saturated rings. The third-order valence-electron chi connectivity index (χ3n) is 4.25. The summed E-state index contributed by atoms with van der Waals surface area (Å²) in [7, 11) is -2.79. The molecule has 0 aromatic carbocycles. The molecule has 114 valence electrons. The Labute approximate surface area is 119 Å². The van der Waals surface area contributed by atoms with E-state index in [1.807, 2.05) is 0 Å². The van der Waals surface area contributed by atoms with Crippen LogP contribution < -0.4 is 5.32 Å². The van der Waals surface area contributed by atoms with E-state index in [4.69, 9.17) is 0 Å². The lowest BCUT2D eigenvalue weighted by Gasteiger charge is -2.31. The van der Waals surface area contributed by atoms with Gasteiger partial charge in [-0.1, -0.05) is 33.6 Å². The summed E-state index contributed by atoms with van der Waals surface area (Å²) < 4.78 is 22.8. The summed E-state index contributed by atoms with van der Waals surface area (Å²) in [5.41, 5.74) is 0.484. The monoisotopic (exact) mass is 289 g/mol. The summed E-state index contributed by atoms with van der Waals surface area (Å²) in [6.07, 6.45) is 7.44. The highest BCUT2D eigenvalue weighted by atomic mass is 32.2. The predicted octanol–water partition coefficient (Wildman–Crippen LogP) is 3.01. The molecule has 1 rings (SSSR count). The molecular weight excluding hydrogens is 258 g/mol. The second kappa shape index (κ2) is 7.63. The number of hydrogen-bond acceptors (Lipinski definition) is 3. The SMILES string of the molecule is CCS(=O)(=O)CCCNCC1(CC(C)C)CCCC1. The molecule has 4 heteroatoms. The van der Waals surface area contributed by atoms with Crippen LogP contribution >= 0.6 is 0 Å². The van der Waals surface area contributed by atoms with E-state index in [9.17, 15) is 8.42 Å². The first-order valence-corrected chi connectivity index (χ1v) is 9.62. The zero-order valence-corrected chi connectivity index (χ0v) is 13.7. The van der Waals surface area contributed by atoms with Crippen LogP contribution in [-0.2, 0) is 9.84 Å². The number of sulfone groups is 1. The minimum Gasteiger partial charge on any atom is -0.316 e. The Hall–Kier alpha value is -0.0900. The van der Waals surface area contributed by atoms with E-state index >= 15 is 0 Å². The fourth-order valence-corrected chi connectivity index (χ4v) is 4.23. The summed E-state index contributed by atoms with van der Waals surface area (Å²) >= 11 is 0. The van der Waals surface area contributed by atoms with Crippen LogP contribution in [0.15, 0.2) is 0 Å². The van der Waals surface area contributed by atoms with Crippen LogP contribution in [0.1, 0.15) is 59.3 Å². The van der Waals surface area contributed by atoms with E-state index in [2.05, 4.69) is 19.2 Å². The Morgan fingerprint density at radius 2 is 1.84 bits per heavy atom. The highest BCUT2D eigenvalue weighted by Gasteiger charge is 2.33. The summed E-state index contributed by atoms with van der Waals surface area (Å²) in [6.45, 7) is 8.22. The van der Waals surface area contributed by atoms with Crippen LogP contribution in [0.4, 0.5) is 0 Å². The van der Waals surface area contributed by atoms with Gasteiger partial charge in [-0.3, -0.25) is 0 Å². The highest BCUT2D eigenvalue weighted by Crippen LogP contribution is 2.42. The molecular formula is C15H31NO2S. The maximum Gasteiger partial charge on any atom is 0.150 e. The van der Waals surface area contributed by atoms with Gasteiger partial charge < -0.3 is 5.32 Å². The fourth-order valence-electron chi connectivity index (χ4n) is 3.36. The fraction of sp³-hybridized carbons (Fsp3) is 1.00. The van der Waals surface area contributed by atoms with Gasteiger partial charge in [0, 0.05) is 12.3 Å². The van der Waals surface area contributed by atoms with Gasteiger partial charge in [0.05, 0.1) is 5.75 Å². The summed E-state index contributed by atoms with van der Waals surface area (Å²) in [6, 6.07) is 0. The van der Waals surface area contributed by atoms with E-state index < -0.39 is 9.84 Å². The molecule has 1 N–H and O–H groups in total. The lowest BCUT2D eigenvalue weighted by Crippen LogP contribution is -2.34. The topological polar surface area (TPSA) is 46.2 Å². The Morgan fingerprint density at radius 1 is 1.21 bits per heavy atom. The van der Waals surface area contributed by atoms with Gasteiger partial charge >= 0.3 is 0 Å². The van der Waals surface area contributed by atoms with Crippen LogP contribution in [-0.4, -0.2) is 33.0 Å². The van der Waals surface area contributed by atoms with Crippen molar-refractivity contribution >= 4 is 9.84 Å². The van der Waals surface area contributed by atoms with E-state index in [0.29, 0.717) is 11.2 Å². The summed E-state index contributed by atoms with van der Waals surface area (Å²) in [5, 5.41) is 3.51. The van der Waals surface area contributed by atoms with Gasteiger partial charge in [-0.05, 0) is 43.6 Å². The molecule has 0 aromatic rings. The van der Waals surface area contributed by atoms with Crippen molar-refractivity contribution in [3.8, 4) is 0 Å². The third-order valence-corrected chi connectivity index (χ3v) is 6.04. The number of rotatable bonds is 9. The second-order valence-corrected chi connectivity index (χ2v) is 9.04. The molecule has 0 bridgehead atoms. The lowest BCUT2D eigenvalue weighted by molar-refractivity contribution is 0.224. The Kier molecular flexibility index (Phi) is 6.81. The van der Waals surface area contributed by atoms with Crippen molar-refractivity contribution in [3.63, 3.8) is 0 Å². The summed E-state index contributed by atoms with van der Waals surface area (Å²) in [4.78, 5) is 0. The zero-order valence-electron chi connectivity index (χ0n) is 12.9. The molecule has 0 aliphatic heterocycles. The molecule has 19 heavy (non-hydrogen) atoms. The quantitative estimate of drug-likeness (QED) is 0.664. The van der Waals surface area contributed by atoms with Crippen molar-refractivity contribution < 1.29 is 8.42 Å². The molecule has 0 saturated heterocycles. The van der Waals surface area contributed by atoms with Crippen molar-refractivity contribution in [1.82, 2.24) is 5.32 Å². The van der Waals surface area contributed by atoms with Crippen LogP contribution in [0.5, 0.6) is 0 Å². The van der Waals surface area contributed by atoms with Gasteiger partial charge in [-0.2, -0.15) is 0 Å². The van der Waals surface area contributed by atoms with E-state index in [0.717, 1.165) is 25.4 Å². The molecule has 3 nitrogen and oxygen atoms in total. The minimum atomic E-state index is -2.79. The first-order chi connectivity index (χ1) is 8.89. The number of nitrogens with one attached hydrogen (secondary N) is 1. The first-order valence-electron chi connectivity index (χ1n) is 7.80. The number of hydrogen-bond donors (Lipinski definition) is 1. The zero-order chi connectivity index (χ0) is 14.4. The van der Waals surface area contributed by atoms with E-state index in [1.54, 1.807) is 6.92 Å². The molecule has 0 heterocycles. The van der Waals surface area contributed by atoms with Crippen LogP contribution in [0.2, 0.25) is 0 Å². The normalized spacial score (nSPS) is 19.2. The smallest absolute Gasteiger partial charge is 0.150 e. The largest absolute Gasteiger partial charge is 0.316 e. The minimum absolute atomic E-state index is 0.268. The molecule has 1 aliphatic rings. The molecule has 0 spiro atoms. The Morgan fingerprint density at radius 3 is 2.37 bits per heavy atom. The van der Waals surface area contributed by atoms with E-state index in [1.165, 1.54) is 32.1 Å². The van der Waals surface area contributed by atoms with E-state index in [-0.39, 0.29) is 5.75 Å². The van der Waals surface area contributed by atoms with Crippen LogP contribution in [0, 0.1) is 11.3 Å². The van der Waals surface area contributed by atoms with Gasteiger partial charge in [-0.15, -0.1) is 0 Å². The average molecular weight is 289 g/mol. The van der Waals surface area contributed by atoms with Gasteiger partial charge in [0.1, 0.15) is 9.84 Å². The molecule has 0 aromatic heterocycles. The van der Waals surface area contributed by atoms with Gasteiger partial charge in [0.15, 0.2) is 0 Å². The average Bonchev–Trinajstić information content (AvgIpc) is 2.76. The second-order valence-electron chi connectivity index (χ2n) is 6.57. The van der Waals surface area contributed by atoms with Crippen molar-refractivity contribution in [1.29, 1.82) is 0 Å². The van der Waals surface area contributed by atoms with Crippen molar-refractivity contribution in [2.45, 2.75) is 59.3 Å². The summed E-state index contributed by atoms with van der Waals surface area (Å²) in [5.74, 6) is 1.35. The predicted molar refractivity (Wildman–Crippen MR) is 82.2 cm³/mol. The molecule has 0 radical (unpaired) electrons. The van der Waals surface area contributed by atoms with Crippen molar-refractivity contribution in [3.05, 3.63) is 0 Å². The molecule has 0 unspecified atom stereocenters. The van der Waals surface area contributed by atoms with Crippen LogP contribution in [0.3, 0.4) is 0 Å². The Balaban J connectivity index is 2.26. The van der Waals surface area contributed by atoms with Gasteiger partial charge in [-0.25, -0.2) is 8.42 Å². The molecule has 0 amide bonds. The molecule has 1 aliphatic carbocycles. The van der Waals surface area contributed by atoms with Gasteiger partial charge in [0.2, 0.25) is 0 Å².